The second kappa shape index (κ2) is 9.89. The van der Waals surface area contributed by atoms with Gasteiger partial charge in [-0.05, 0) is 24.8 Å². The third-order valence-corrected chi connectivity index (χ3v) is 4.76. The van der Waals surface area contributed by atoms with E-state index in [9.17, 15) is 19.7 Å². The number of nitrogens with zero attached hydrogens (tertiary/aromatic N) is 2. The summed E-state index contributed by atoms with van der Waals surface area (Å²) in [5, 5.41) is 19.5. The van der Waals surface area contributed by atoms with E-state index in [0.717, 1.165) is 56.9 Å². The van der Waals surface area contributed by atoms with Crippen molar-refractivity contribution in [2.45, 2.75) is 64.2 Å². The Bertz CT molecular complexity index is 659. The number of rotatable bonds is 11. The van der Waals surface area contributed by atoms with E-state index in [1.807, 2.05) is 0 Å². The van der Waals surface area contributed by atoms with E-state index in [0.29, 0.717) is 18.7 Å². The molecule has 142 valence electrons. The average Bonchev–Trinajstić information content (AvgIpc) is 3.03. The van der Waals surface area contributed by atoms with Gasteiger partial charge in [-0.3, -0.25) is 19.7 Å². The number of benzene rings is 1. The number of non-ortho nitro benzene ring substituents is 1. The minimum absolute atomic E-state index is 0.0198. The van der Waals surface area contributed by atoms with Crippen LogP contribution in [-0.2, 0) is 16.0 Å². The molecule has 0 aliphatic carbocycles. The summed E-state index contributed by atoms with van der Waals surface area (Å²) in [6.07, 6.45) is 8.04. The first kappa shape index (κ1) is 19.9. The number of hydrogen-bond acceptors (Lipinski definition) is 4. The SMILES string of the molecule is O=C(O)CCCCCCCCCC(=O)N1CCc2ccc([N+](=O)[O-])cc21. The molecule has 0 unspecified atom stereocenters. The number of carbonyl (C=O) groups excluding carboxylic acids is 1. The summed E-state index contributed by atoms with van der Waals surface area (Å²) in [7, 11) is 0. The number of fused-ring (bicyclic) bond motifs is 1. The lowest BCUT2D eigenvalue weighted by Crippen LogP contribution is -2.28. The lowest BCUT2D eigenvalue weighted by atomic mass is 10.1. The smallest absolute Gasteiger partial charge is 0.303 e. The molecule has 1 aliphatic rings. The normalized spacial score (nSPS) is 12.8. The van der Waals surface area contributed by atoms with Gasteiger partial charge in [0, 0.05) is 31.5 Å². The predicted octanol–water partition coefficient (Wildman–Crippen LogP) is 4.08. The van der Waals surface area contributed by atoms with Gasteiger partial charge < -0.3 is 10.0 Å². The van der Waals surface area contributed by atoms with Crippen molar-refractivity contribution in [3.63, 3.8) is 0 Å². The number of nitro benzene ring substituents is 1. The van der Waals surface area contributed by atoms with E-state index < -0.39 is 10.9 Å². The highest BCUT2D eigenvalue weighted by atomic mass is 16.6. The highest BCUT2D eigenvalue weighted by Gasteiger charge is 2.26. The van der Waals surface area contributed by atoms with Gasteiger partial charge in [-0.2, -0.15) is 0 Å². The zero-order valence-corrected chi connectivity index (χ0v) is 15.0. The van der Waals surface area contributed by atoms with Crippen molar-refractivity contribution in [1.29, 1.82) is 0 Å². The minimum atomic E-state index is -0.739. The Labute approximate surface area is 153 Å². The maximum absolute atomic E-state index is 12.4. The third-order valence-electron chi connectivity index (χ3n) is 4.76. The van der Waals surface area contributed by atoms with Crippen LogP contribution in [0.15, 0.2) is 18.2 Å². The second-order valence-electron chi connectivity index (χ2n) is 6.73. The van der Waals surface area contributed by atoms with Gasteiger partial charge in [0.1, 0.15) is 0 Å². The number of aliphatic carboxylic acids is 1. The first-order chi connectivity index (χ1) is 12.5. The molecule has 2 rings (SSSR count). The summed E-state index contributed by atoms with van der Waals surface area (Å²) >= 11 is 0. The Morgan fingerprint density at radius 1 is 1.04 bits per heavy atom. The molecule has 1 N–H and O–H groups in total. The zero-order chi connectivity index (χ0) is 18.9. The van der Waals surface area contributed by atoms with Gasteiger partial charge in [-0.1, -0.05) is 38.2 Å². The Hall–Kier alpha value is -2.44. The first-order valence-corrected chi connectivity index (χ1v) is 9.28. The van der Waals surface area contributed by atoms with Crippen LogP contribution in [0.4, 0.5) is 11.4 Å². The molecule has 0 radical (unpaired) electrons. The van der Waals surface area contributed by atoms with Gasteiger partial charge in [0.25, 0.3) is 5.69 Å². The third kappa shape index (κ3) is 5.82. The van der Waals surface area contributed by atoms with Crippen LogP contribution in [0.25, 0.3) is 0 Å². The highest BCUT2D eigenvalue weighted by molar-refractivity contribution is 5.95. The molecule has 0 saturated heterocycles. The molecule has 1 heterocycles. The number of hydrogen-bond donors (Lipinski definition) is 1. The van der Waals surface area contributed by atoms with Gasteiger partial charge in [0.05, 0.1) is 10.6 Å². The molecule has 0 fully saturated rings. The molecule has 0 bridgehead atoms. The predicted molar refractivity (Wildman–Crippen MR) is 98.3 cm³/mol. The Balaban J connectivity index is 1.66. The summed E-state index contributed by atoms with van der Waals surface area (Å²) in [6.45, 7) is 0.596. The van der Waals surface area contributed by atoms with Crippen LogP contribution in [-0.4, -0.2) is 28.5 Å². The number of unbranched alkanes of at least 4 members (excludes halogenated alkanes) is 6. The van der Waals surface area contributed by atoms with E-state index in [4.69, 9.17) is 5.11 Å². The molecule has 0 saturated carbocycles. The second-order valence-corrected chi connectivity index (χ2v) is 6.73. The van der Waals surface area contributed by atoms with Crippen molar-refractivity contribution in [3.05, 3.63) is 33.9 Å². The van der Waals surface area contributed by atoms with Crippen molar-refractivity contribution < 1.29 is 19.6 Å². The molecule has 1 aliphatic heterocycles. The van der Waals surface area contributed by atoms with Crippen LogP contribution in [0, 0.1) is 10.1 Å². The molecule has 0 spiro atoms. The van der Waals surface area contributed by atoms with Gasteiger partial charge in [0.15, 0.2) is 0 Å². The highest BCUT2D eigenvalue weighted by Crippen LogP contribution is 2.32. The quantitative estimate of drug-likeness (QED) is 0.363. The van der Waals surface area contributed by atoms with Crippen molar-refractivity contribution in [1.82, 2.24) is 0 Å². The lowest BCUT2D eigenvalue weighted by Gasteiger charge is -2.17. The van der Waals surface area contributed by atoms with Gasteiger partial charge in [0.2, 0.25) is 5.91 Å². The van der Waals surface area contributed by atoms with E-state index in [1.165, 1.54) is 12.1 Å². The Morgan fingerprint density at radius 2 is 1.65 bits per heavy atom. The van der Waals surface area contributed by atoms with E-state index in [-0.39, 0.29) is 18.0 Å². The summed E-state index contributed by atoms with van der Waals surface area (Å²) in [6, 6.07) is 4.73. The van der Waals surface area contributed by atoms with Crippen LogP contribution < -0.4 is 4.90 Å². The van der Waals surface area contributed by atoms with E-state index in [1.54, 1.807) is 11.0 Å². The zero-order valence-electron chi connectivity index (χ0n) is 15.0. The first-order valence-electron chi connectivity index (χ1n) is 9.28. The summed E-state index contributed by atoms with van der Waals surface area (Å²) in [5.74, 6) is -0.706. The number of carboxylic acid groups (broad SMARTS) is 1. The molecule has 1 amide bonds. The maximum Gasteiger partial charge on any atom is 0.303 e. The molecule has 0 atom stereocenters. The van der Waals surface area contributed by atoms with Crippen molar-refractivity contribution in [3.8, 4) is 0 Å². The van der Waals surface area contributed by atoms with Crippen LogP contribution >= 0.6 is 0 Å². The molecule has 0 aromatic heterocycles. The van der Waals surface area contributed by atoms with Crippen LogP contribution in [0.1, 0.15) is 63.4 Å². The monoisotopic (exact) mass is 362 g/mol. The summed E-state index contributed by atoms with van der Waals surface area (Å²) < 4.78 is 0. The fourth-order valence-electron chi connectivity index (χ4n) is 3.31. The molecular formula is C19H26N2O5. The fraction of sp³-hybridized carbons (Fsp3) is 0.579. The molecule has 7 heteroatoms. The van der Waals surface area contributed by atoms with E-state index >= 15 is 0 Å². The summed E-state index contributed by atoms with van der Waals surface area (Å²) in [4.78, 5) is 35.0. The van der Waals surface area contributed by atoms with Gasteiger partial charge >= 0.3 is 5.97 Å². The minimum Gasteiger partial charge on any atom is -0.481 e. The summed E-state index contributed by atoms with van der Waals surface area (Å²) in [5.41, 5.74) is 1.69. The van der Waals surface area contributed by atoms with Gasteiger partial charge in [-0.25, -0.2) is 0 Å². The van der Waals surface area contributed by atoms with Crippen molar-refractivity contribution in [2.24, 2.45) is 0 Å². The Kier molecular flexibility index (Phi) is 7.56. The molecule has 1 aromatic rings. The van der Waals surface area contributed by atoms with E-state index in [2.05, 4.69) is 0 Å². The Morgan fingerprint density at radius 3 is 2.27 bits per heavy atom. The molecule has 26 heavy (non-hydrogen) atoms. The molecule has 7 nitrogen and oxygen atoms in total. The molecule has 1 aromatic carbocycles. The number of carbonyl (C=O) groups is 2. The van der Waals surface area contributed by atoms with Crippen LogP contribution in [0.2, 0.25) is 0 Å². The standard InChI is InChI=1S/C19H26N2O5/c22-18(8-6-4-2-1-3-5-7-9-19(23)24)20-13-12-15-10-11-16(21(25)26)14-17(15)20/h10-11,14H,1-9,12-13H2,(H,23,24). The van der Waals surface area contributed by atoms with Crippen molar-refractivity contribution >= 4 is 23.3 Å². The van der Waals surface area contributed by atoms with Crippen LogP contribution in [0.5, 0.6) is 0 Å². The lowest BCUT2D eigenvalue weighted by molar-refractivity contribution is -0.384. The molecular weight excluding hydrogens is 336 g/mol. The van der Waals surface area contributed by atoms with Crippen molar-refractivity contribution in [2.75, 3.05) is 11.4 Å². The average molecular weight is 362 g/mol. The maximum atomic E-state index is 12.4. The van der Waals surface area contributed by atoms with Crippen LogP contribution in [0.3, 0.4) is 0 Å². The number of carboxylic acids is 1. The van der Waals surface area contributed by atoms with Gasteiger partial charge in [-0.15, -0.1) is 0 Å². The topological polar surface area (TPSA) is 101 Å². The number of nitro groups is 1. The number of anilines is 1. The fourth-order valence-corrected chi connectivity index (χ4v) is 3.31. The largest absolute Gasteiger partial charge is 0.481 e. The number of amides is 1.